The minimum absolute atomic E-state index is 0.359. The largest absolute Gasteiger partial charge is 0.496 e. The SMILES string of the molecule is COC(=O)c1ccc(Sc2ccc(C#N)cc2OC)cc1. The van der Waals surface area contributed by atoms with Crippen molar-refractivity contribution in [3.8, 4) is 11.8 Å². The number of nitriles is 1. The molecule has 0 aromatic heterocycles. The predicted octanol–water partition coefficient (Wildman–Crippen LogP) is 3.50. The van der Waals surface area contributed by atoms with E-state index in [9.17, 15) is 4.79 Å². The summed E-state index contributed by atoms with van der Waals surface area (Å²) in [5.41, 5.74) is 1.06. The molecule has 2 rings (SSSR count). The second kappa shape index (κ2) is 6.82. The van der Waals surface area contributed by atoms with E-state index in [0.717, 1.165) is 9.79 Å². The van der Waals surface area contributed by atoms with Gasteiger partial charge < -0.3 is 9.47 Å². The van der Waals surface area contributed by atoms with Gasteiger partial charge in [-0.05, 0) is 42.5 Å². The Balaban J connectivity index is 2.22. The van der Waals surface area contributed by atoms with Gasteiger partial charge in [-0.15, -0.1) is 0 Å². The van der Waals surface area contributed by atoms with Crippen LogP contribution in [0, 0.1) is 11.3 Å². The van der Waals surface area contributed by atoms with Gasteiger partial charge in [-0.25, -0.2) is 4.79 Å². The van der Waals surface area contributed by atoms with Gasteiger partial charge in [-0.3, -0.25) is 0 Å². The second-order valence-electron chi connectivity index (χ2n) is 4.10. The summed E-state index contributed by atoms with van der Waals surface area (Å²) in [6, 6.07) is 14.5. The molecule has 0 N–H and O–H groups in total. The topological polar surface area (TPSA) is 59.3 Å². The summed E-state index contributed by atoms with van der Waals surface area (Å²) < 4.78 is 9.95. The molecule has 2 aromatic rings. The standard InChI is InChI=1S/C16H13NO3S/c1-19-14-9-11(10-17)3-8-15(14)21-13-6-4-12(5-7-13)16(18)20-2/h3-9H,1-2H3. The first kappa shape index (κ1) is 14.9. The molecule has 0 aliphatic heterocycles. The Morgan fingerprint density at radius 1 is 1.14 bits per heavy atom. The van der Waals surface area contributed by atoms with Crippen molar-refractivity contribution < 1.29 is 14.3 Å². The van der Waals surface area contributed by atoms with E-state index in [1.165, 1.54) is 18.9 Å². The third-order valence-corrected chi connectivity index (χ3v) is 3.86. The van der Waals surface area contributed by atoms with Crippen LogP contribution in [-0.4, -0.2) is 20.2 Å². The molecule has 0 radical (unpaired) electrons. The molecule has 0 unspecified atom stereocenters. The monoisotopic (exact) mass is 299 g/mol. The van der Waals surface area contributed by atoms with Crippen LogP contribution in [-0.2, 0) is 4.74 Å². The van der Waals surface area contributed by atoms with Crippen molar-refractivity contribution in [2.24, 2.45) is 0 Å². The molecule has 0 atom stereocenters. The minimum Gasteiger partial charge on any atom is -0.496 e. The highest BCUT2D eigenvalue weighted by Crippen LogP contribution is 2.35. The van der Waals surface area contributed by atoms with Crippen LogP contribution in [0.2, 0.25) is 0 Å². The molecule has 0 amide bonds. The zero-order valence-electron chi connectivity index (χ0n) is 11.6. The van der Waals surface area contributed by atoms with Crippen molar-refractivity contribution in [1.82, 2.24) is 0 Å². The molecule has 0 saturated carbocycles. The molecular weight excluding hydrogens is 286 g/mol. The van der Waals surface area contributed by atoms with E-state index < -0.39 is 0 Å². The van der Waals surface area contributed by atoms with Crippen molar-refractivity contribution in [3.63, 3.8) is 0 Å². The normalized spacial score (nSPS) is 9.76. The third kappa shape index (κ3) is 3.56. The quantitative estimate of drug-likeness (QED) is 0.809. The van der Waals surface area contributed by atoms with Gasteiger partial charge in [-0.2, -0.15) is 5.26 Å². The van der Waals surface area contributed by atoms with E-state index in [0.29, 0.717) is 16.9 Å². The maximum Gasteiger partial charge on any atom is 0.337 e. The molecule has 0 spiro atoms. The lowest BCUT2D eigenvalue weighted by molar-refractivity contribution is 0.0600. The van der Waals surface area contributed by atoms with Gasteiger partial charge in [0.05, 0.1) is 36.3 Å². The summed E-state index contributed by atoms with van der Waals surface area (Å²) in [6.07, 6.45) is 0. The van der Waals surface area contributed by atoms with Crippen LogP contribution in [0.15, 0.2) is 52.3 Å². The van der Waals surface area contributed by atoms with E-state index in [2.05, 4.69) is 10.8 Å². The van der Waals surface area contributed by atoms with Crippen LogP contribution in [0.4, 0.5) is 0 Å². The van der Waals surface area contributed by atoms with Gasteiger partial charge >= 0.3 is 5.97 Å². The van der Waals surface area contributed by atoms with Gasteiger partial charge in [0.15, 0.2) is 0 Å². The Labute approximate surface area is 127 Å². The highest BCUT2D eigenvalue weighted by Gasteiger charge is 2.08. The van der Waals surface area contributed by atoms with Crippen LogP contribution < -0.4 is 4.74 Å². The van der Waals surface area contributed by atoms with E-state index >= 15 is 0 Å². The van der Waals surface area contributed by atoms with Gasteiger partial charge in [0.2, 0.25) is 0 Å². The van der Waals surface area contributed by atoms with Crippen molar-refractivity contribution >= 4 is 17.7 Å². The van der Waals surface area contributed by atoms with Gasteiger partial charge in [-0.1, -0.05) is 11.8 Å². The molecule has 5 heteroatoms. The number of esters is 1. The molecular formula is C16H13NO3S. The van der Waals surface area contributed by atoms with Crippen molar-refractivity contribution in [2.45, 2.75) is 9.79 Å². The number of carbonyl (C=O) groups excluding carboxylic acids is 1. The maximum atomic E-state index is 11.4. The summed E-state index contributed by atoms with van der Waals surface area (Å²) in [5, 5.41) is 8.89. The van der Waals surface area contributed by atoms with Crippen molar-refractivity contribution in [2.75, 3.05) is 14.2 Å². The number of methoxy groups -OCH3 is 2. The van der Waals surface area contributed by atoms with Crippen LogP contribution in [0.25, 0.3) is 0 Å². The van der Waals surface area contributed by atoms with E-state index in [1.54, 1.807) is 31.4 Å². The van der Waals surface area contributed by atoms with Crippen LogP contribution in [0.5, 0.6) is 5.75 Å². The molecule has 0 aliphatic carbocycles. The summed E-state index contributed by atoms with van der Waals surface area (Å²) >= 11 is 1.50. The fourth-order valence-electron chi connectivity index (χ4n) is 1.73. The average Bonchev–Trinajstić information content (AvgIpc) is 2.55. The number of hydrogen-bond acceptors (Lipinski definition) is 5. The minimum atomic E-state index is -0.359. The van der Waals surface area contributed by atoms with Gasteiger partial charge in [0.1, 0.15) is 5.75 Å². The first-order valence-corrected chi connectivity index (χ1v) is 6.94. The smallest absolute Gasteiger partial charge is 0.337 e. The number of rotatable bonds is 4. The number of carbonyl (C=O) groups is 1. The molecule has 21 heavy (non-hydrogen) atoms. The number of benzene rings is 2. The molecule has 0 bridgehead atoms. The fraction of sp³-hybridized carbons (Fsp3) is 0.125. The summed E-state index contributed by atoms with van der Waals surface area (Å²) in [5.74, 6) is 0.290. The summed E-state index contributed by atoms with van der Waals surface area (Å²) in [6.45, 7) is 0. The van der Waals surface area contributed by atoms with Gasteiger partial charge in [0, 0.05) is 4.90 Å². The highest BCUT2D eigenvalue weighted by molar-refractivity contribution is 7.99. The summed E-state index contributed by atoms with van der Waals surface area (Å²) in [7, 11) is 2.92. The number of ether oxygens (including phenoxy) is 2. The lowest BCUT2D eigenvalue weighted by atomic mass is 10.2. The maximum absolute atomic E-state index is 11.4. The second-order valence-corrected chi connectivity index (χ2v) is 5.21. The zero-order chi connectivity index (χ0) is 15.2. The van der Waals surface area contributed by atoms with E-state index in [1.807, 2.05) is 18.2 Å². The van der Waals surface area contributed by atoms with Crippen LogP contribution in [0.3, 0.4) is 0 Å². The van der Waals surface area contributed by atoms with Crippen molar-refractivity contribution in [1.29, 1.82) is 5.26 Å². The Bertz CT molecular complexity index is 690. The first-order chi connectivity index (χ1) is 10.2. The fourth-order valence-corrected chi connectivity index (χ4v) is 2.63. The van der Waals surface area contributed by atoms with Crippen molar-refractivity contribution in [3.05, 3.63) is 53.6 Å². The van der Waals surface area contributed by atoms with Gasteiger partial charge in [0.25, 0.3) is 0 Å². The molecule has 0 heterocycles. The lowest BCUT2D eigenvalue weighted by Gasteiger charge is -2.08. The molecule has 0 fully saturated rings. The number of nitrogens with zero attached hydrogens (tertiary/aromatic N) is 1. The summed E-state index contributed by atoms with van der Waals surface area (Å²) in [4.78, 5) is 13.2. The lowest BCUT2D eigenvalue weighted by Crippen LogP contribution is -2.00. The first-order valence-electron chi connectivity index (χ1n) is 6.12. The average molecular weight is 299 g/mol. The molecule has 4 nitrogen and oxygen atoms in total. The Hall–Kier alpha value is -2.45. The highest BCUT2D eigenvalue weighted by atomic mass is 32.2. The third-order valence-electron chi connectivity index (χ3n) is 2.80. The molecule has 2 aromatic carbocycles. The molecule has 0 saturated heterocycles. The molecule has 0 aliphatic rings. The van der Waals surface area contributed by atoms with Crippen LogP contribution in [0.1, 0.15) is 15.9 Å². The van der Waals surface area contributed by atoms with Crippen LogP contribution >= 0.6 is 11.8 Å². The Morgan fingerprint density at radius 2 is 1.86 bits per heavy atom. The Morgan fingerprint density at radius 3 is 2.43 bits per heavy atom. The zero-order valence-corrected chi connectivity index (χ0v) is 12.4. The van der Waals surface area contributed by atoms with E-state index in [-0.39, 0.29) is 5.97 Å². The number of hydrogen-bond donors (Lipinski definition) is 0. The Kier molecular flexibility index (Phi) is 4.85. The van der Waals surface area contributed by atoms with E-state index in [4.69, 9.17) is 10.00 Å². The predicted molar refractivity (Wildman–Crippen MR) is 79.6 cm³/mol. The molecule has 106 valence electrons.